The first-order valence-corrected chi connectivity index (χ1v) is 6.47. The molecule has 6 nitrogen and oxygen atoms in total. The van der Waals surface area contributed by atoms with Crippen LogP contribution in [0, 0.1) is 0 Å². The Morgan fingerprint density at radius 3 is 3.05 bits per heavy atom. The largest absolute Gasteiger partial charge is 0.350 e. The molecule has 2 N–H and O–H groups in total. The average molecular weight is 295 g/mol. The number of halogens is 1. The van der Waals surface area contributed by atoms with Crippen molar-refractivity contribution in [2.75, 3.05) is 0 Å². The number of carbonyl (C=O) groups excluding carboxylic acids is 2. The van der Waals surface area contributed by atoms with E-state index in [1.807, 2.05) is 17.7 Å². The third-order valence-corrected chi connectivity index (χ3v) is 3.30. The Morgan fingerprint density at radius 1 is 1.60 bits per heavy atom. The normalized spacial score (nSPS) is 12.2. The number of nitrogens with one attached hydrogen (secondary N) is 2. The lowest BCUT2D eigenvalue weighted by atomic mass is 10.2. The molecular weight excluding hydrogens is 280 g/mol. The number of pyridine rings is 1. The van der Waals surface area contributed by atoms with Crippen LogP contribution in [0.1, 0.15) is 12.5 Å². The maximum Gasteiger partial charge on any atom is 0.242 e. The minimum atomic E-state index is -0.565. The molecular formula is C13H15ClN4O2. The van der Waals surface area contributed by atoms with Gasteiger partial charge in [0.25, 0.3) is 0 Å². The van der Waals surface area contributed by atoms with Crippen molar-refractivity contribution >= 4 is 35.0 Å². The summed E-state index contributed by atoms with van der Waals surface area (Å²) in [6, 6.07) is 1.33. The first kappa shape index (κ1) is 14.3. The first-order chi connectivity index (χ1) is 9.52. The van der Waals surface area contributed by atoms with Crippen molar-refractivity contribution in [2.45, 2.75) is 19.5 Å². The number of carbonyl (C=O) groups is 2. The lowest BCUT2D eigenvalue weighted by Gasteiger charge is -2.11. The summed E-state index contributed by atoms with van der Waals surface area (Å²) in [5.41, 5.74) is 1.64. The minimum Gasteiger partial charge on any atom is -0.350 e. The molecule has 0 aliphatic carbocycles. The van der Waals surface area contributed by atoms with E-state index in [0.717, 1.165) is 16.6 Å². The van der Waals surface area contributed by atoms with Crippen molar-refractivity contribution in [2.24, 2.45) is 7.05 Å². The van der Waals surface area contributed by atoms with Gasteiger partial charge in [0, 0.05) is 31.4 Å². The van der Waals surface area contributed by atoms with Crippen LogP contribution in [-0.2, 0) is 23.2 Å². The van der Waals surface area contributed by atoms with E-state index in [1.165, 1.54) is 0 Å². The molecule has 1 atom stereocenters. The molecule has 0 aliphatic heterocycles. The molecule has 0 spiro atoms. The van der Waals surface area contributed by atoms with E-state index in [-0.39, 0.29) is 5.91 Å². The Morgan fingerprint density at radius 2 is 2.35 bits per heavy atom. The topological polar surface area (TPSA) is 76.0 Å². The van der Waals surface area contributed by atoms with E-state index in [4.69, 9.17) is 11.6 Å². The van der Waals surface area contributed by atoms with Gasteiger partial charge in [0.05, 0.1) is 5.02 Å². The Balaban J connectivity index is 2.09. The first-order valence-electron chi connectivity index (χ1n) is 6.09. The summed E-state index contributed by atoms with van der Waals surface area (Å²) >= 11 is 6.11. The summed E-state index contributed by atoms with van der Waals surface area (Å²) in [4.78, 5) is 26.2. The van der Waals surface area contributed by atoms with Crippen molar-refractivity contribution in [3.63, 3.8) is 0 Å². The van der Waals surface area contributed by atoms with Crippen LogP contribution in [0.4, 0.5) is 0 Å². The fraction of sp³-hybridized carbons (Fsp3) is 0.308. The molecule has 0 saturated carbocycles. The highest BCUT2D eigenvalue weighted by atomic mass is 35.5. The summed E-state index contributed by atoms with van der Waals surface area (Å²) < 4.78 is 1.84. The van der Waals surface area contributed by atoms with Gasteiger partial charge in [-0.2, -0.15) is 0 Å². The Kier molecular flexibility index (Phi) is 4.24. The van der Waals surface area contributed by atoms with Crippen LogP contribution in [0.15, 0.2) is 18.5 Å². The van der Waals surface area contributed by atoms with Crippen LogP contribution in [-0.4, -0.2) is 27.9 Å². The van der Waals surface area contributed by atoms with Crippen LogP contribution in [0.2, 0.25) is 5.02 Å². The molecule has 2 amide bonds. The van der Waals surface area contributed by atoms with E-state index in [9.17, 15) is 9.59 Å². The van der Waals surface area contributed by atoms with E-state index in [1.54, 1.807) is 19.3 Å². The van der Waals surface area contributed by atoms with Crippen molar-refractivity contribution in [1.29, 1.82) is 0 Å². The highest BCUT2D eigenvalue weighted by molar-refractivity contribution is 6.35. The van der Waals surface area contributed by atoms with Crippen LogP contribution in [0.25, 0.3) is 11.0 Å². The number of aryl methyl sites for hydroxylation is 1. The lowest BCUT2D eigenvalue weighted by Crippen LogP contribution is -2.41. The molecule has 2 heterocycles. The summed E-state index contributed by atoms with van der Waals surface area (Å²) in [7, 11) is 1.87. The van der Waals surface area contributed by atoms with Gasteiger partial charge in [0.2, 0.25) is 12.3 Å². The van der Waals surface area contributed by atoms with E-state index >= 15 is 0 Å². The maximum absolute atomic E-state index is 11.7. The standard InChI is InChI=1S/C13H15ClN4O2/c1-8(17-7-19)13(20)16-5-9-3-10-11(14)6-18(2)12(10)15-4-9/h3-4,6-8H,5H2,1-2H3,(H,16,20)(H,17,19). The fourth-order valence-corrected chi connectivity index (χ4v) is 2.16. The number of aromatic nitrogens is 2. The van der Waals surface area contributed by atoms with Gasteiger partial charge in [-0.1, -0.05) is 11.6 Å². The molecule has 0 aromatic carbocycles. The van der Waals surface area contributed by atoms with Gasteiger partial charge in [-0.05, 0) is 18.6 Å². The summed E-state index contributed by atoms with van der Waals surface area (Å²) in [5, 5.41) is 6.59. The number of amides is 2. The molecule has 0 saturated heterocycles. The van der Waals surface area contributed by atoms with Crippen LogP contribution in [0.3, 0.4) is 0 Å². The van der Waals surface area contributed by atoms with Crippen LogP contribution < -0.4 is 10.6 Å². The molecule has 2 aromatic heterocycles. The molecule has 0 aliphatic rings. The van der Waals surface area contributed by atoms with Gasteiger partial charge in [0.1, 0.15) is 11.7 Å². The SMILES string of the molecule is CC(NC=O)C(=O)NCc1cnc2c(c1)c(Cl)cn2C. The second-order valence-electron chi connectivity index (χ2n) is 4.53. The molecule has 7 heteroatoms. The van der Waals surface area contributed by atoms with Gasteiger partial charge in [0.15, 0.2) is 0 Å². The molecule has 106 valence electrons. The number of nitrogens with zero attached hydrogens (tertiary/aromatic N) is 2. The highest BCUT2D eigenvalue weighted by Crippen LogP contribution is 2.24. The van der Waals surface area contributed by atoms with Gasteiger partial charge in [-0.15, -0.1) is 0 Å². The van der Waals surface area contributed by atoms with Gasteiger partial charge in [-0.25, -0.2) is 4.98 Å². The third-order valence-electron chi connectivity index (χ3n) is 3.00. The molecule has 0 fully saturated rings. The second-order valence-corrected chi connectivity index (χ2v) is 4.93. The zero-order valence-corrected chi connectivity index (χ0v) is 11.9. The van der Waals surface area contributed by atoms with E-state index in [0.29, 0.717) is 18.0 Å². The van der Waals surface area contributed by atoms with Crippen molar-refractivity contribution in [3.05, 3.63) is 29.0 Å². The third kappa shape index (κ3) is 2.91. The van der Waals surface area contributed by atoms with Crippen LogP contribution in [0.5, 0.6) is 0 Å². The van der Waals surface area contributed by atoms with Crippen LogP contribution >= 0.6 is 11.6 Å². The highest BCUT2D eigenvalue weighted by Gasteiger charge is 2.11. The minimum absolute atomic E-state index is 0.253. The molecule has 0 bridgehead atoms. The summed E-state index contributed by atoms with van der Waals surface area (Å²) in [6.45, 7) is 1.94. The summed E-state index contributed by atoms with van der Waals surface area (Å²) in [6.07, 6.45) is 3.98. The van der Waals surface area contributed by atoms with Gasteiger partial charge in [-0.3, -0.25) is 9.59 Å². The van der Waals surface area contributed by atoms with Crippen molar-refractivity contribution in [3.8, 4) is 0 Å². The predicted octanol–water partition coefficient (Wildman–Crippen LogP) is 0.977. The van der Waals surface area contributed by atoms with Gasteiger partial charge < -0.3 is 15.2 Å². The molecule has 0 radical (unpaired) electrons. The zero-order valence-electron chi connectivity index (χ0n) is 11.2. The molecule has 1 unspecified atom stereocenters. The fourth-order valence-electron chi connectivity index (χ4n) is 1.88. The average Bonchev–Trinajstić information content (AvgIpc) is 2.71. The van der Waals surface area contributed by atoms with Crippen molar-refractivity contribution < 1.29 is 9.59 Å². The summed E-state index contributed by atoms with van der Waals surface area (Å²) in [5.74, 6) is -0.253. The van der Waals surface area contributed by atoms with E-state index in [2.05, 4.69) is 15.6 Å². The molecule has 2 rings (SSSR count). The number of rotatable bonds is 5. The number of hydrogen-bond acceptors (Lipinski definition) is 3. The zero-order chi connectivity index (χ0) is 14.7. The second kappa shape index (κ2) is 5.92. The van der Waals surface area contributed by atoms with Crippen molar-refractivity contribution in [1.82, 2.24) is 20.2 Å². The monoisotopic (exact) mass is 294 g/mol. The van der Waals surface area contributed by atoms with Gasteiger partial charge >= 0.3 is 0 Å². The van der Waals surface area contributed by atoms with E-state index < -0.39 is 6.04 Å². The molecule has 20 heavy (non-hydrogen) atoms. The number of hydrogen-bond donors (Lipinski definition) is 2. The quantitative estimate of drug-likeness (QED) is 0.807. The Bertz CT molecular complexity index is 653. The lowest BCUT2D eigenvalue weighted by molar-refractivity contribution is -0.125. The number of fused-ring (bicyclic) bond motifs is 1. The maximum atomic E-state index is 11.7. The molecule has 2 aromatic rings. The Labute approximate surface area is 121 Å². The Hall–Kier alpha value is -2.08. The smallest absolute Gasteiger partial charge is 0.242 e. The predicted molar refractivity (Wildman–Crippen MR) is 76.2 cm³/mol.